The largest absolute Gasteiger partial charge is 0.494 e. The van der Waals surface area contributed by atoms with Crippen LogP contribution < -0.4 is 9.46 Å². The molecule has 0 saturated carbocycles. The Morgan fingerprint density at radius 2 is 2.07 bits per heavy atom. The first kappa shape index (κ1) is 12.0. The number of hydrogen-bond acceptors (Lipinski definition) is 3. The van der Waals surface area contributed by atoms with Crippen molar-refractivity contribution >= 4 is 10.0 Å². The topological polar surface area (TPSA) is 55.4 Å². The SMILES string of the molecule is CCNS(=O)(=O)c1cccc(OCC)c1. The van der Waals surface area contributed by atoms with Gasteiger partial charge in [-0.2, -0.15) is 0 Å². The minimum atomic E-state index is -3.38. The van der Waals surface area contributed by atoms with E-state index in [0.717, 1.165) is 0 Å². The van der Waals surface area contributed by atoms with Gasteiger partial charge in [0.2, 0.25) is 10.0 Å². The summed E-state index contributed by atoms with van der Waals surface area (Å²) in [5.41, 5.74) is 0. The Hall–Kier alpha value is -1.07. The number of hydrogen-bond donors (Lipinski definition) is 1. The molecule has 84 valence electrons. The van der Waals surface area contributed by atoms with Gasteiger partial charge in [-0.3, -0.25) is 0 Å². The molecule has 0 unspecified atom stereocenters. The van der Waals surface area contributed by atoms with Gasteiger partial charge in [0.25, 0.3) is 0 Å². The molecule has 1 N–H and O–H groups in total. The highest BCUT2D eigenvalue weighted by molar-refractivity contribution is 7.89. The minimum Gasteiger partial charge on any atom is -0.494 e. The fourth-order valence-corrected chi connectivity index (χ4v) is 2.25. The molecule has 0 amide bonds. The van der Waals surface area contributed by atoms with Crippen molar-refractivity contribution in [2.45, 2.75) is 18.7 Å². The van der Waals surface area contributed by atoms with Gasteiger partial charge in [-0.05, 0) is 19.1 Å². The minimum absolute atomic E-state index is 0.232. The highest BCUT2D eigenvalue weighted by Crippen LogP contribution is 2.16. The molecule has 0 fully saturated rings. The molecule has 0 radical (unpaired) electrons. The molecule has 1 rings (SSSR count). The highest BCUT2D eigenvalue weighted by atomic mass is 32.2. The summed E-state index contributed by atoms with van der Waals surface area (Å²) < 4.78 is 30.9. The van der Waals surface area contributed by atoms with E-state index in [2.05, 4.69) is 4.72 Å². The maximum atomic E-state index is 11.6. The fraction of sp³-hybridized carbons (Fsp3) is 0.400. The predicted molar refractivity (Wildman–Crippen MR) is 58.5 cm³/mol. The lowest BCUT2D eigenvalue weighted by molar-refractivity contribution is 0.339. The van der Waals surface area contributed by atoms with Crippen molar-refractivity contribution < 1.29 is 13.2 Å². The first-order valence-electron chi connectivity index (χ1n) is 4.82. The van der Waals surface area contributed by atoms with Crippen molar-refractivity contribution in [3.05, 3.63) is 24.3 Å². The Balaban J connectivity index is 2.99. The van der Waals surface area contributed by atoms with Crippen LogP contribution in [-0.2, 0) is 10.0 Å². The predicted octanol–water partition coefficient (Wildman–Crippen LogP) is 1.38. The van der Waals surface area contributed by atoms with Crippen molar-refractivity contribution in [2.75, 3.05) is 13.2 Å². The van der Waals surface area contributed by atoms with E-state index in [0.29, 0.717) is 18.9 Å². The van der Waals surface area contributed by atoms with E-state index in [9.17, 15) is 8.42 Å². The van der Waals surface area contributed by atoms with Crippen LogP contribution in [0.3, 0.4) is 0 Å². The van der Waals surface area contributed by atoms with Gasteiger partial charge < -0.3 is 4.74 Å². The Morgan fingerprint density at radius 1 is 1.33 bits per heavy atom. The lowest BCUT2D eigenvalue weighted by Crippen LogP contribution is -2.23. The maximum Gasteiger partial charge on any atom is 0.240 e. The first-order chi connectivity index (χ1) is 7.10. The molecule has 0 aliphatic rings. The summed E-state index contributed by atoms with van der Waals surface area (Å²) >= 11 is 0. The van der Waals surface area contributed by atoms with E-state index in [4.69, 9.17) is 4.74 Å². The number of nitrogens with one attached hydrogen (secondary N) is 1. The van der Waals surface area contributed by atoms with Gasteiger partial charge in [-0.15, -0.1) is 0 Å². The zero-order valence-corrected chi connectivity index (χ0v) is 9.67. The van der Waals surface area contributed by atoms with Crippen molar-refractivity contribution in [2.24, 2.45) is 0 Å². The summed E-state index contributed by atoms with van der Waals surface area (Å²) in [4.78, 5) is 0.232. The molecular weight excluding hydrogens is 214 g/mol. The molecule has 1 aromatic carbocycles. The summed E-state index contributed by atoms with van der Waals surface area (Å²) in [5, 5.41) is 0. The second kappa shape index (κ2) is 5.14. The van der Waals surface area contributed by atoms with Gasteiger partial charge in [0.1, 0.15) is 5.75 Å². The summed E-state index contributed by atoms with van der Waals surface area (Å²) in [7, 11) is -3.38. The van der Waals surface area contributed by atoms with Crippen LogP contribution in [0.15, 0.2) is 29.2 Å². The van der Waals surface area contributed by atoms with E-state index < -0.39 is 10.0 Å². The van der Waals surface area contributed by atoms with Crippen molar-refractivity contribution in [1.82, 2.24) is 4.72 Å². The van der Waals surface area contributed by atoms with E-state index in [1.54, 1.807) is 25.1 Å². The Kier molecular flexibility index (Phi) is 4.11. The van der Waals surface area contributed by atoms with Crippen LogP contribution in [-0.4, -0.2) is 21.6 Å². The molecule has 5 heteroatoms. The zero-order valence-electron chi connectivity index (χ0n) is 8.86. The Bertz CT molecular complexity index is 414. The lowest BCUT2D eigenvalue weighted by atomic mass is 10.3. The molecule has 1 aromatic rings. The maximum absolute atomic E-state index is 11.6. The van der Waals surface area contributed by atoms with E-state index in [-0.39, 0.29) is 4.90 Å². The summed E-state index contributed by atoms with van der Waals surface area (Å²) in [6, 6.07) is 6.45. The van der Waals surface area contributed by atoms with Gasteiger partial charge in [0, 0.05) is 12.6 Å². The average molecular weight is 229 g/mol. The molecule has 4 nitrogen and oxygen atoms in total. The smallest absolute Gasteiger partial charge is 0.240 e. The van der Waals surface area contributed by atoms with Crippen LogP contribution in [0.5, 0.6) is 5.75 Å². The van der Waals surface area contributed by atoms with Gasteiger partial charge in [0.05, 0.1) is 11.5 Å². The Morgan fingerprint density at radius 3 is 2.67 bits per heavy atom. The third-order valence-corrected chi connectivity index (χ3v) is 3.30. The molecule has 0 spiro atoms. The second-order valence-corrected chi connectivity index (χ2v) is 4.68. The molecule has 0 aliphatic heterocycles. The highest BCUT2D eigenvalue weighted by Gasteiger charge is 2.12. The average Bonchev–Trinajstić information content (AvgIpc) is 2.19. The van der Waals surface area contributed by atoms with Crippen LogP contribution in [0.1, 0.15) is 13.8 Å². The Labute approximate surface area is 90.3 Å². The van der Waals surface area contributed by atoms with Crippen LogP contribution in [0.2, 0.25) is 0 Å². The molecule has 0 aliphatic carbocycles. The van der Waals surface area contributed by atoms with Crippen LogP contribution in [0, 0.1) is 0 Å². The van der Waals surface area contributed by atoms with Crippen molar-refractivity contribution in [3.8, 4) is 5.75 Å². The summed E-state index contributed by atoms with van der Waals surface area (Å²) in [5.74, 6) is 0.566. The molecule has 0 saturated heterocycles. The van der Waals surface area contributed by atoms with Gasteiger partial charge in [-0.25, -0.2) is 13.1 Å². The lowest BCUT2D eigenvalue weighted by Gasteiger charge is -2.07. The van der Waals surface area contributed by atoms with E-state index in [1.807, 2.05) is 6.92 Å². The molecule has 0 aromatic heterocycles. The quantitative estimate of drug-likeness (QED) is 0.830. The monoisotopic (exact) mass is 229 g/mol. The van der Waals surface area contributed by atoms with Crippen LogP contribution in [0.4, 0.5) is 0 Å². The second-order valence-electron chi connectivity index (χ2n) is 2.91. The summed E-state index contributed by atoms with van der Waals surface area (Å²) in [6.45, 7) is 4.49. The molecular formula is C10H15NO3S. The normalized spacial score (nSPS) is 11.3. The molecule has 0 bridgehead atoms. The van der Waals surface area contributed by atoms with E-state index in [1.165, 1.54) is 6.07 Å². The number of ether oxygens (including phenoxy) is 1. The molecule has 0 heterocycles. The summed E-state index contributed by atoms with van der Waals surface area (Å²) in [6.07, 6.45) is 0. The standard InChI is InChI=1S/C10H15NO3S/c1-3-11-15(12,13)10-7-5-6-9(8-10)14-4-2/h5-8,11H,3-4H2,1-2H3. The van der Waals surface area contributed by atoms with Gasteiger partial charge >= 0.3 is 0 Å². The third-order valence-electron chi connectivity index (χ3n) is 1.76. The third kappa shape index (κ3) is 3.21. The fourth-order valence-electron chi connectivity index (χ4n) is 1.17. The molecule has 15 heavy (non-hydrogen) atoms. The van der Waals surface area contributed by atoms with E-state index >= 15 is 0 Å². The van der Waals surface area contributed by atoms with Crippen molar-refractivity contribution in [3.63, 3.8) is 0 Å². The van der Waals surface area contributed by atoms with Crippen LogP contribution in [0.25, 0.3) is 0 Å². The number of sulfonamides is 1. The molecule has 0 atom stereocenters. The number of rotatable bonds is 5. The van der Waals surface area contributed by atoms with Crippen LogP contribution >= 0.6 is 0 Å². The zero-order chi connectivity index (χ0) is 11.3. The first-order valence-corrected chi connectivity index (χ1v) is 6.31. The van der Waals surface area contributed by atoms with Gasteiger partial charge in [-0.1, -0.05) is 13.0 Å². The van der Waals surface area contributed by atoms with Gasteiger partial charge in [0.15, 0.2) is 0 Å². The number of benzene rings is 1. The van der Waals surface area contributed by atoms with Crippen molar-refractivity contribution in [1.29, 1.82) is 0 Å².